The second-order valence-electron chi connectivity index (χ2n) is 9.17. The van der Waals surface area contributed by atoms with Gasteiger partial charge in [-0.15, -0.1) is 10.2 Å². The van der Waals surface area contributed by atoms with E-state index in [4.69, 9.17) is 0 Å². The Hall–Kier alpha value is -4.07. The number of halogens is 2. The van der Waals surface area contributed by atoms with E-state index in [9.17, 15) is 0 Å². The Balaban J connectivity index is 1.61. The largest absolute Gasteiger partial charge is 0.371 e. The molecule has 2 aromatic carbocycles. The topological polar surface area (TPSA) is 71.4 Å². The average molecular weight is 457 g/mol. The molecule has 0 fully saturated rings. The summed E-state index contributed by atoms with van der Waals surface area (Å²) < 4.78 is 33.6. The minimum Gasteiger partial charge on any atom is -0.371 e. The van der Waals surface area contributed by atoms with Crippen molar-refractivity contribution >= 4 is 16.6 Å². The molecular weight excluding hydrogens is 434 g/mol. The number of anilines is 1. The number of aromatic amines is 1. The van der Waals surface area contributed by atoms with Crippen LogP contribution in [-0.4, -0.2) is 24.7 Å². The molecule has 8 heteroatoms. The monoisotopic (exact) mass is 456 g/mol. The molecule has 4 heterocycles. The van der Waals surface area contributed by atoms with Crippen LogP contribution in [0.5, 0.6) is 0 Å². The summed E-state index contributed by atoms with van der Waals surface area (Å²) in [6.07, 6.45) is 3.91. The standard InChI is InChI=1S/C26H22F2N6/c1-14-13-30-23-16(14)8-6-9-17(23)21-18(27)12-19-24(22(21)28)34-20(11-15-7-4-5-10-29-15)32-33-25(34)26(2,3)31-19/h4-10,12-13,30-31H,11H2,1-3H3. The summed E-state index contributed by atoms with van der Waals surface area (Å²) in [6.45, 7) is 5.78. The first-order valence-corrected chi connectivity index (χ1v) is 11.1. The second kappa shape index (κ2) is 7.21. The van der Waals surface area contributed by atoms with Crippen LogP contribution in [0.2, 0.25) is 0 Å². The number of para-hydroxylation sites is 1. The van der Waals surface area contributed by atoms with Crippen molar-refractivity contribution in [3.63, 3.8) is 0 Å². The number of aryl methyl sites for hydroxylation is 1. The first-order valence-electron chi connectivity index (χ1n) is 11.1. The molecule has 6 nitrogen and oxygen atoms in total. The van der Waals surface area contributed by atoms with E-state index in [-0.39, 0.29) is 11.3 Å². The average Bonchev–Trinajstić information content (AvgIpc) is 3.39. The van der Waals surface area contributed by atoms with Crippen molar-refractivity contribution in [1.29, 1.82) is 0 Å². The lowest BCUT2D eigenvalue weighted by Gasteiger charge is -2.34. The maximum atomic E-state index is 16.4. The highest BCUT2D eigenvalue weighted by molar-refractivity contribution is 5.97. The van der Waals surface area contributed by atoms with Gasteiger partial charge < -0.3 is 10.3 Å². The summed E-state index contributed by atoms with van der Waals surface area (Å²) in [5.74, 6) is -0.214. The lowest BCUT2D eigenvalue weighted by atomic mass is 9.95. The van der Waals surface area contributed by atoms with Gasteiger partial charge >= 0.3 is 0 Å². The molecular formula is C26H22F2N6. The van der Waals surface area contributed by atoms with Crippen LogP contribution in [0, 0.1) is 18.6 Å². The van der Waals surface area contributed by atoms with E-state index in [2.05, 4.69) is 25.5 Å². The number of rotatable bonds is 3. The zero-order valence-electron chi connectivity index (χ0n) is 18.9. The van der Waals surface area contributed by atoms with Crippen molar-refractivity contribution in [2.45, 2.75) is 32.7 Å². The van der Waals surface area contributed by atoms with Crippen molar-refractivity contribution in [3.05, 3.63) is 89.4 Å². The molecule has 0 spiro atoms. The lowest BCUT2D eigenvalue weighted by molar-refractivity contribution is 0.516. The molecule has 0 atom stereocenters. The number of H-pyrrole nitrogens is 1. The predicted octanol–water partition coefficient (Wildman–Crippen LogP) is 5.65. The zero-order chi connectivity index (χ0) is 23.6. The van der Waals surface area contributed by atoms with Crippen LogP contribution in [-0.2, 0) is 12.0 Å². The minimum atomic E-state index is -0.681. The number of aromatic nitrogens is 5. The zero-order valence-corrected chi connectivity index (χ0v) is 18.9. The summed E-state index contributed by atoms with van der Waals surface area (Å²) in [5.41, 5.74) is 2.75. The van der Waals surface area contributed by atoms with Crippen LogP contribution >= 0.6 is 0 Å². The molecule has 3 aromatic heterocycles. The Labute approximate surface area is 194 Å². The Kier molecular flexibility index (Phi) is 4.36. The third-order valence-corrected chi connectivity index (χ3v) is 6.41. The summed E-state index contributed by atoms with van der Waals surface area (Å²) in [4.78, 5) is 7.55. The van der Waals surface area contributed by atoms with E-state index in [1.165, 1.54) is 6.07 Å². The molecule has 0 amide bonds. The Morgan fingerprint density at radius 3 is 2.71 bits per heavy atom. The molecule has 170 valence electrons. The molecule has 0 radical (unpaired) electrons. The van der Waals surface area contributed by atoms with E-state index in [1.54, 1.807) is 16.8 Å². The van der Waals surface area contributed by atoms with Gasteiger partial charge in [-0.3, -0.25) is 9.55 Å². The van der Waals surface area contributed by atoms with Gasteiger partial charge in [0.05, 0.1) is 28.7 Å². The first-order chi connectivity index (χ1) is 16.3. The minimum absolute atomic E-state index is 0.0869. The fourth-order valence-electron chi connectivity index (χ4n) is 4.80. The maximum Gasteiger partial charge on any atom is 0.162 e. The van der Waals surface area contributed by atoms with E-state index in [0.717, 1.165) is 16.6 Å². The van der Waals surface area contributed by atoms with Gasteiger partial charge in [0.2, 0.25) is 0 Å². The molecule has 0 saturated heterocycles. The first kappa shape index (κ1) is 20.5. The van der Waals surface area contributed by atoms with Crippen molar-refractivity contribution in [2.75, 3.05) is 5.32 Å². The van der Waals surface area contributed by atoms with E-state index in [0.29, 0.717) is 34.8 Å². The van der Waals surface area contributed by atoms with Crippen molar-refractivity contribution < 1.29 is 8.78 Å². The molecule has 6 rings (SSSR count). The Bertz CT molecular complexity index is 1570. The van der Waals surface area contributed by atoms with Gasteiger partial charge in [-0.2, -0.15) is 0 Å². The van der Waals surface area contributed by atoms with Gasteiger partial charge in [0.25, 0.3) is 0 Å². The normalized spacial score (nSPS) is 14.0. The smallest absolute Gasteiger partial charge is 0.162 e. The molecule has 0 saturated carbocycles. The highest BCUT2D eigenvalue weighted by Crippen LogP contribution is 2.43. The number of benzene rings is 2. The van der Waals surface area contributed by atoms with Crippen LogP contribution < -0.4 is 5.32 Å². The molecule has 0 aliphatic carbocycles. The quantitative estimate of drug-likeness (QED) is 0.368. The van der Waals surface area contributed by atoms with Gasteiger partial charge in [0.1, 0.15) is 17.3 Å². The summed E-state index contributed by atoms with van der Waals surface area (Å²) in [7, 11) is 0. The van der Waals surface area contributed by atoms with Gasteiger partial charge in [-0.05, 0) is 38.5 Å². The number of hydrogen-bond donors (Lipinski definition) is 2. The molecule has 2 N–H and O–H groups in total. The van der Waals surface area contributed by atoms with Gasteiger partial charge in [0, 0.05) is 35.1 Å². The van der Waals surface area contributed by atoms with E-state index >= 15 is 8.78 Å². The summed E-state index contributed by atoms with van der Waals surface area (Å²) >= 11 is 0. The van der Waals surface area contributed by atoms with Crippen LogP contribution in [0.25, 0.3) is 27.7 Å². The van der Waals surface area contributed by atoms with Crippen molar-refractivity contribution in [2.24, 2.45) is 0 Å². The number of nitrogens with zero attached hydrogens (tertiary/aromatic N) is 4. The number of nitrogens with one attached hydrogen (secondary N) is 2. The van der Waals surface area contributed by atoms with Gasteiger partial charge in [-0.1, -0.05) is 24.3 Å². The second-order valence-corrected chi connectivity index (χ2v) is 9.17. The SMILES string of the molecule is Cc1c[nH]c2c(-c3c(F)cc4c(c3F)-n3c(Cc5ccccn5)nnc3C(C)(C)N4)cccc12. The Morgan fingerprint density at radius 2 is 1.91 bits per heavy atom. The Morgan fingerprint density at radius 1 is 1.06 bits per heavy atom. The number of pyridine rings is 1. The van der Waals surface area contributed by atoms with Crippen molar-refractivity contribution in [1.82, 2.24) is 24.7 Å². The van der Waals surface area contributed by atoms with Gasteiger partial charge in [0.15, 0.2) is 11.6 Å². The predicted molar refractivity (Wildman–Crippen MR) is 127 cm³/mol. The summed E-state index contributed by atoms with van der Waals surface area (Å²) in [5, 5.41) is 12.9. The summed E-state index contributed by atoms with van der Waals surface area (Å²) in [6, 6.07) is 12.5. The molecule has 5 aromatic rings. The fraction of sp³-hybridized carbons (Fsp3) is 0.192. The highest BCUT2D eigenvalue weighted by Gasteiger charge is 2.38. The lowest BCUT2D eigenvalue weighted by Crippen LogP contribution is -2.36. The molecule has 1 aliphatic heterocycles. The number of fused-ring (bicyclic) bond motifs is 4. The van der Waals surface area contributed by atoms with Crippen LogP contribution in [0.3, 0.4) is 0 Å². The van der Waals surface area contributed by atoms with Crippen LogP contribution in [0.4, 0.5) is 14.5 Å². The number of hydrogen-bond acceptors (Lipinski definition) is 4. The van der Waals surface area contributed by atoms with E-state index < -0.39 is 17.2 Å². The molecule has 1 aliphatic rings. The van der Waals surface area contributed by atoms with Crippen LogP contribution in [0.15, 0.2) is 54.9 Å². The fourth-order valence-corrected chi connectivity index (χ4v) is 4.80. The molecule has 34 heavy (non-hydrogen) atoms. The highest BCUT2D eigenvalue weighted by atomic mass is 19.1. The van der Waals surface area contributed by atoms with E-state index in [1.807, 2.05) is 57.3 Å². The third-order valence-electron chi connectivity index (χ3n) is 6.41. The third kappa shape index (κ3) is 2.95. The maximum absolute atomic E-state index is 16.4. The molecule has 0 unspecified atom stereocenters. The van der Waals surface area contributed by atoms with Crippen molar-refractivity contribution in [3.8, 4) is 16.8 Å². The van der Waals surface area contributed by atoms with Gasteiger partial charge in [-0.25, -0.2) is 8.78 Å². The van der Waals surface area contributed by atoms with Crippen LogP contribution in [0.1, 0.15) is 36.8 Å². The molecule has 0 bridgehead atoms.